The second-order valence-electron chi connectivity index (χ2n) is 13.6. The first-order valence-corrected chi connectivity index (χ1v) is 20.0. The Hall–Kier alpha value is -6.22. The molecule has 0 saturated heterocycles. The Morgan fingerprint density at radius 1 is 0.288 bits per heavy atom. The van der Waals surface area contributed by atoms with Gasteiger partial charge in [0.2, 0.25) is 0 Å². The second-order valence-corrected chi connectivity index (χ2v) is 17.4. The molecule has 0 saturated carbocycles. The van der Waals surface area contributed by atoms with E-state index < -0.39 is 8.07 Å². The van der Waals surface area contributed by atoms with Crippen LogP contribution in [0.1, 0.15) is 11.1 Å². The van der Waals surface area contributed by atoms with Crippen molar-refractivity contribution < 1.29 is 0 Å². The third-order valence-electron chi connectivity index (χ3n) is 10.2. The lowest BCUT2D eigenvalue weighted by atomic mass is 9.99. The zero-order chi connectivity index (χ0) is 35.3. The summed E-state index contributed by atoms with van der Waals surface area (Å²) in [6.07, 6.45) is 0. The molecule has 250 valence electrons. The van der Waals surface area contributed by atoms with E-state index in [1.807, 2.05) is 0 Å². The average molecular weight is 684 g/mol. The van der Waals surface area contributed by atoms with Crippen molar-refractivity contribution in [2.45, 2.75) is 13.8 Å². The zero-order valence-electron chi connectivity index (χ0n) is 29.7. The Kier molecular flexibility index (Phi) is 9.22. The predicted molar refractivity (Wildman–Crippen MR) is 225 cm³/mol. The first-order valence-electron chi connectivity index (χ1n) is 18.0. The topological polar surface area (TPSA) is 3.24 Å². The van der Waals surface area contributed by atoms with E-state index >= 15 is 0 Å². The van der Waals surface area contributed by atoms with Gasteiger partial charge in [-0.25, -0.2) is 0 Å². The van der Waals surface area contributed by atoms with Gasteiger partial charge in [-0.3, -0.25) is 0 Å². The van der Waals surface area contributed by atoms with Gasteiger partial charge in [0.05, 0.1) is 0 Å². The first-order chi connectivity index (χ1) is 25.6. The smallest absolute Gasteiger partial charge is 0.179 e. The minimum Gasteiger partial charge on any atom is -0.311 e. The summed E-state index contributed by atoms with van der Waals surface area (Å²) >= 11 is 0. The Morgan fingerprint density at radius 2 is 0.615 bits per heavy atom. The molecule has 8 aromatic carbocycles. The normalized spacial score (nSPS) is 11.3. The molecule has 0 fully saturated rings. The van der Waals surface area contributed by atoms with E-state index in [4.69, 9.17) is 0 Å². The van der Waals surface area contributed by atoms with Crippen LogP contribution in [0.5, 0.6) is 0 Å². The largest absolute Gasteiger partial charge is 0.311 e. The summed E-state index contributed by atoms with van der Waals surface area (Å²) < 4.78 is 0. The van der Waals surface area contributed by atoms with Gasteiger partial charge < -0.3 is 4.90 Å². The van der Waals surface area contributed by atoms with Gasteiger partial charge >= 0.3 is 0 Å². The molecule has 0 radical (unpaired) electrons. The van der Waals surface area contributed by atoms with E-state index in [0.717, 1.165) is 17.1 Å². The van der Waals surface area contributed by atoms with Crippen LogP contribution in [0, 0.1) is 13.8 Å². The molecule has 52 heavy (non-hydrogen) atoms. The van der Waals surface area contributed by atoms with Crippen LogP contribution in [-0.4, -0.2) is 8.07 Å². The van der Waals surface area contributed by atoms with Crippen molar-refractivity contribution in [3.05, 3.63) is 223 Å². The monoisotopic (exact) mass is 683 g/mol. The molecule has 0 unspecified atom stereocenters. The fourth-order valence-electron chi connectivity index (χ4n) is 7.49. The summed E-state index contributed by atoms with van der Waals surface area (Å²) in [6, 6.07) is 78.2. The van der Waals surface area contributed by atoms with Crippen LogP contribution in [0.3, 0.4) is 0 Å². The van der Waals surface area contributed by atoms with Crippen molar-refractivity contribution in [1.82, 2.24) is 0 Å². The van der Waals surface area contributed by atoms with Crippen LogP contribution in [0.4, 0.5) is 17.1 Å². The quantitative estimate of drug-likeness (QED) is 0.108. The van der Waals surface area contributed by atoms with Gasteiger partial charge in [0.15, 0.2) is 8.07 Å². The van der Waals surface area contributed by atoms with Crippen molar-refractivity contribution in [1.29, 1.82) is 0 Å². The molecule has 0 amide bonds. The number of rotatable bonds is 9. The van der Waals surface area contributed by atoms with E-state index in [2.05, 4.69) is 231 Å². The molecule has 8 aromatic rings. The summed E-state index contributed by atoms with van der Waals surface area (Å²) in [5.74, 6) is 0. The van der Waals surface area contributed by atoms with E-state index in [1.54, 1.807) is 0 Å². The minimum absolute atomic E-state index is 1.13. The highest BCUT2D eigenvalue weighted by molar-refractivity contribution is 7.19. The highest BCUT2D eigenvalue weighted by Gasteiger charge is 2.41. The number of hydrogen-bond acceptors (Lipinski definition) is 1. The average Bonchev–Trinajstić information content (AvgIpc) is 3.22. The lowest BCUT2D eigenvalue weighted by Crippen LogP contribution is -2.74. The second kappa shape index (κ2) is 14.6. The maximum Gasteiger partial charge on any atom is 0.179 e. The Bertz CT molecular complexity index is 2280. The molecule has 1 nitrogen and oxygen atoms in total. The lowest BCUT2D eigenvalue weighted by Gasteiger charge is -2.35. The molecule has 0 N–H and O–H groups in total. The van der Waals surface area contributed by atoms with E-state index in [1.165, 1.54) is 54.1 Å². The van der Waals surface area contributed by atoms with Crippen LogP contribution < -0.4 is 25.6 Å². The van der Waals surface area contributed by atoms with Gasteiger partial charge in [0.25, 0.3) is 0 Å². The minimum atomic E-state index is -2.74. The molecule has 0 spiro atoms. The molecule has 2 heteroatoms. The molecule has 0 aromatic heterocycles. The van der Waals surface area contributed by atoms with Crippen LogP contribution in [0.25, 0.3) is 22.3 Å². The van der Waals surface area contributed by atoms with Gasteiger partial charge in [0, 0.05) is 17.1 Å². The molecular weight excluding hydrogens is 643 g/mol. The number of anilines is 3. The molecule has 0 heterocycles. The highest BCUT2D eigenvalue weighted by Crippen LogP contribution is 2.34. The Labute approximate surface area is 309 Å². The van der Waals surface area contributed by atoms with Gasteiger partial charge in [-0.15, -0.1) is 0 Å². The predicted octanol–water partition coefficient (Wildman–Crippen LogP) is 10.5. The molecule has 0 aliphatic heterocycles. The van der Waals surface area contributed by atoms with Crippen molar-refractivity contribution in [3.8, 4) is 22.3 Å². The van der Waals surface area contributed by atoms with Crippen molar-refractivity contribution in [2.75, 3.05) is 4.90 Å². The van der Waals surface area contributed by atoms with Crippen LogP contribution >= 0.6 is 0 Å². The lowest BCUT2D eigenvalue weighted by molar-refractivity contribution is 1.27. The number of hydrogen-bond donors (Lipinski definition) is 0. The SMILES string of the molecule is Cc1ccc(N(c2ccc(C)cc2)c2ccc([Si](c3ccccc3)(c3ccccc3)c3ccc(-c4cccc(-c5ccccc5)c4)cc3)cc2)cc1. The summed E-state index contributed by atoms with van der Waals surface area (Å²) in [6.45, 7) is 4.28. The molecule has 0 aliphatic rings. The molecule has 0 atom stereocenters. The summed E-state index contributed by atoms with van der Waals surface area (Å²) in [4.78, 5) is 2.36. The summed E-state index contributed by atoms with van der Waals surface area (Å²) in [5, 5.41) is 5.43. The molecule has 0 bridgehead atoms. The number of nitrogens with zero attached hydrogens (tertiary/aromatic N) is 1. The standard InChI is InChI=1S/C50H41NSi/c1-38-21-27-44(28-22-38)51(45-29-23-39(2)24-30-45)46-31-35-50(36-32-46)52(47-17-8-4-9-18-47,48-19-10-5-11-20-48)49-33-25-41(26-34-49)43-16-12-15-42(37-43)40-13-6-3-7-14-40/h3-37H,1-2H3. The van der Waals surface area contributed by atoms with E-state index in [0.29, 0.717) is 0 Å². The van der Waals surface area contributed by atoms with Crippen LogP contribution in [0.15, 0.2) is 212 Å². The Balaban J connectivity index is 1.27. The number of benzene rings is 8. The van der Waals surface area contributed by atoms with Crippen molar-refractivity contribution >= 4 is 45.9 Å². The summed E-state index contributed by atoms with van der Waals surface area (Å²) in [5.41, 5.74) is 10.8. The van der Waals surface area contributed by atoms with Gasteiger partial charge in [-0.2, -0.15) is 0 Å². The van der Waals surface area contributed by atoms with Crippen LogP contribution in [-0.2, 0) is 0 Å². The van der Waals surface area contributed by atoms with E-state index in [-0.39, 0.29) is 0 Å². The van der Waals surface area contributed by atoms with Gasteiger partial charge in [-0.1, -0.05) is 181 Å². The first kappa shape index (κ1) is 33.0. The third-order valence-corrected chi connectivity index (χ3v) is 15.0. The fraction of sp³-hybridized carbons (Fsp3) is 0.0400. The number of aryl methyl sites for hydroxylation is 2. The highest BCUT2D eigenvalue weighted by atomic mass is 28.3. The maximum absolute atomic E-state index is 2.74. The molecule has 0 aliphatic carbocycles. The fourth-order valence-corrected chi connectivity index (χ4v) is 12.2. The Morgan fingerprint density at radius 3 is 1.06 bits per heavy atom. The van der Waals surface area contributed by atoms with Gasteiger partial charge in [0.1, 0.15) is 0 Å². The summed E-state index contributed by atoms with van der Waals surface area (Å²) in [7, 11) is -2.74. The molecule has 8 rings (SSSR count). The third kappa shape index (κ3) is 6.41. The van der Waals surface area contributed by atoms with Crippen molar-refractivity contribution in [2.24, 2.45) is 0 Å². The van der Waals surface area contributed by atoms with Crippen molar-refractivity contribution in [3.63, 3.8) is 0 Å². The van der Waals surface area contributed by atoms with Crippen LogP contribution in [0.2, 0.25) is 0 Å². The van der Waals surface area contributed by atoms with E-state index in [9.17, 15) is 0 Å². The maximum atomic E-state index is 2.38. The van der Waals surface area contributed by atoms with Gasteiger partial charge in [-0.05, 0) is 99.3 Å². The zero-order valence-corrected chi connectivity index (χ0v) is 30.7. The molecular formula is C50H41NSi.